The van der Waals surface area contributed by atoms with Gasteiger partial charge in [0.2, 0.25) is 0 Å². The van der Waals surface area contributed by atoms with E-state index in [-0.39, 0.29) is 12.5 Å². The molecule has 0 aromatic heterocycles. The molecule has 0 atom stereocenters. The normalized spacial score (nSPS) is 10.2. The number of nitrogen functional groups attached to an aromatic ring is 1. The van der Waals surface area contributed by atoms with E-state index >= 15 is 0 Å². The van der Waals surface area contributed by atoms with Crippen LogP contribution in [0, 0.1) is 0 Å². The van der Waals surface area contributed by atoms with E-state index in [1.165, 1.54) is 0 Å². The Labute approximate surface area is 128 Å². The molecule has 2 aromatic carbocycles. The van der Waals surface area contributed by atoms with Gasteiger partial charge in [0, 0.05) is 23.3 Å². The highest BCUT2D eigenvalue weighted by molar-refractivity contribution is 7.98. The summed E-state index contributed by atoms with van der Waals surface area (Å²) in [6.45, 7) is -0.00154. The molecule has 2 N–H and O–H groups in total. The van der Waals surface area contributed by atoms with Gasteiger partial charge in [-0.1, -0.05) is 12.1 Å². The minimum Gasteiger partial charge on any atom is -0.483 e. The number of hydrogen-bond acceptors (Lipinski definition) is 4. The molecule has 0 aliphatic rings. The standard InChI is InChI=1S/C16H18N2O2S/c1-18(13-9-7-12(17)8-10-13)16(19)11-20-14-5-3-4-6-15(14)21-2/h3-10H,11,17H2,1-2H3. The molecule has 0 saturated carbocycles. The third-order valence-corrected chi connectivity index (χ3v) is 3.85. The number of benzene rings is 2. The van der Waals surface area contributed by atoms with Crippen LogP contribution < -0.4 is 15.4 Å². The van der Waals surface area contributed by atoms with Gasteiger partial charge in [-0.15, -0.1) is 11.8 Å². The van der Waals surface area contributed by atoms with Gasteiger partial charge in [-0.3, -0.25) is 4.79 Å². The number of nitrogens with zero attached hydrogens (tertiary/aromatic N) is 1. The van der Waals surface area contributed by atoms with Crippen molar-refractivity contribution in [3.05, 3.63) is 48.5 Å². The summed E-state index contributed by atoms with van der Waals surface area (Å²) in [6.07, 6.45) is 1.98. The maximum Gasteiger partial charge on any atom is 0.264 e. The lowest BCUT2D eigenvalue weighted by atomic mass is 10.2. The molecule has 0 radical (unpaired) electrons. The molecular weight excluding hydrogens is 284 g/mol. The molecule has 21 heavy (non-hydrogen) atoms. The molecular formula is C16H18N2O2S. The van der Waals surface area contributed by atoms with E-state index in [4.69, 9.17) is 10.5 Å². The smallest absolute Gasteiger partial charge is 0.264 e. The van der Waals surface area contributed by atoms with Gasteiger partial charge in [-0.05, 0) is 42.7 Å². The molecule has 5 heteroatoms. The van der Waals surface area contributed by atoms with Gasteiger partial charge in [0.1, 0.15) is 5.75 Å². The Bertz CT molecular complexity index is 614. The summed E-state index contributed by atoms with van der Waals surface area (Å²) in [6, 6.07) is 14.8. The first-order chi connectivity index (χ1) is 10.1. The molecule has 0 heterocycles. The van der Waals surface area contributed by atoms with Crippen molar-refractivity contribution >= 4 is 29.0 Å². The zero-order chi connectivity index (χ0) is 15.2. The van der Waals surface area contributed by atoms with Crippen molar-refractivity contribution < 1.29 is 9.53 Å². The van der Waals surface area contributed by atoms with Gasteiger partial charge in [0.05, 0.1) is 0 Å². The third kappa shape index (κ3) is 3.92. The van der Waals surface area contributed by atoms with Gasteiger partial charge in [0.15, 0.2) is 6.61 Å². The van der Waals surface area contributed by atoms with Gasteiger partial charge in [-0.25, -0.2) is 0 Å². The molecule has 110 valence electrons. The van der Waals surface area contributed by atoms with Crippen molar-refractivity contribution in [2.24, 2.45) is 0 Å². The van der Waals surface area contributed by atoms with Crippen molar-refractivity contribution in [1.29, 1.82) is 0 Å². The summed E-state index contributed by atoms with van der Waals surface area (Å²) in [5.74, 6) is 0.611. The number of rotatable bonds is 5. The summed E-state index contributed by atoms with van der Waals surface area (Å²) in [5, 5.41) is 0. The monoisotopic (exact) mass is 302 g/mol. The average molecular weight is 302 g/mol. The van der Waals surface area contributed by atoms with Crippen LogP contribution in [0.5, 0.6) is 5.75 Å². The maximum atomic E-state index is 12.2. The van der Waals surface area contributed by atoms with Crippen LogP contribution >= 0.6 is 11.8 Å². The molecule has 4 nitrogen and oxygen atoms in total. The van der Waals surface area contributed by atoms with E-state index < -0.39 is 0 Å². The molecule has 1 amide bonds. The van der Waals surface area contributed by atoms with Crippen LogP contribution in [-0.2, 0) is 4.79 Å². The number of thioether (sulfide) groups is 1. The molecule has 2 aromatic rings. The Kier molecular flexibility index (Phi) is 5.11. The lowest BCUT2D eigenvalue weighted by Gasteiger charge is -2.18. The highest BCUT2D eigenvalue weighted by Gasteiger charge is 2.12. The van der Waals surface area contributed by atoms with Gasteiger partial charge < -0.3 is 15.4 Å². The van der Waals surface area contributed by atoms with E-state index in [0.29, 0.717) is 5.69 Å². The summed E-state index contributed by atoms with van der Waals surface area (Å²) in [4.78, 5) is 14.7. The molecule has 0 unspecified atom stereocenters. The average Bonchev–Trinajstić information content (AvgIpc) is 2.52. The van der Waals surface area contributed by atoms with Gasteiger partial charge in [0.25, 0.3) is 5.91 Å². The molecule has 0 aliphatic carbocycles. The Hall–Kier alpha value is -2.14. The van der Waals surface area contributed by atoms with Crippen molar-refractivity contribution in [3.8, 4) is 5.75 Å². The Morgan fingerprint density at radius 3 is 2.52 bits per heavy atom. The van der Waals surface area contributed by atoms with Crippen LogP contribution in [0.4, 0.5) is 11.4 Å². The molecule has 0 spiro atoms. The second kappa shape index (κ2) is 7.04. The zero-order valence-corrected chi connectivity index (χ0v) is 12.9. The van der Waals surface area contributed by atoms with Crippen LogP contribution in [0.1, 0.15) is 0 Å². The first-order valence-electron chi connectivity index (χ1n) is 6.49. The van der Waals surface area contributed by atoms with E-state index in [1.807, 2.05) is 42.7 Å². The number of amides is 1. The third-order valence-electron chi connectivity index (χ3n) is 3.07. The summed E-state index contributed by atoms with van der Waals surface area (Å²) < 4.78 is 5.62. The number of carbonyl (C=O) groups excluding carboxylic acids is 1. The molecule has 0 fully saturated rings. The minimum atomic E-state index is -0.115. The fraction of sp³-hybridized carbons (Fsp3) is 0.188. The number of carbonyl (C=O) groups is 1. The molecule has 0 saturated heterocycles. The zero-order valence-electron chi connectivity index (χ0n) is 12.1. The highest BCUT2D eigenvalue weighted by atomic mass is 32.2. The second-order valence-corrected chi connectivity index (χ2v) is 5.33. The lowest BCUT2D eigenvalue weighted by Crippen LogP contribution is -2.31. The summed E-state index contributed by atoms with van der Waals surface area (Å²) in [7, 11) is 1.72. The largest absolute Gasteiger partial charge is 0.483 e. The predicted octanol–water partition coefficient (Wildman–Crippen LogP) is 3.03. The topological polar surface area (TPSA) is 55.6 Å². The van der Waals surface area contributed by atoms with E-state index in [0.717, 1.165) is 16.3 Å². The first-order valence-corrected chi connectivity index (χ1v) is 7.72. The number of likely N-dealkylation sites (N-methyl/N-ethyl adjacent to an activating group) is 1. The van der Waals surface area contributed by atoms with Crippen molar-refractivity contribution in [2.45, 2.75) is 4.90 Å². The van der Waals surface area contributed by atoms with E-state index in [2.05, 4.69) is 0 Å². The van der Waals surface area contributed by atoms with Crippen molar-refractivity contribution in [3.63, 3.8) is 0 Å². The minimum absolute atomic E-state index is 0.00154. The van der Waals surface area contributed by atoms with Gasteiger partial charge >= 0.3 is 0 Å². The number of para-hydroxylation sites is 1. The molecule has 2 rings (SSSR count). The van der Waals surface area contributed by atoms with E-state index in [9.17, 15) is 4.79 Å². The molecule has 0 aliphatic heterocycles. The Morgan fingerprint density at radius 2 is 1.86 bits per heavy atom. The summed E-state index contributed by atoms with van der Waals surface area (Å²) >= 11 is 1.59. The summed E-state index contributed by atoms with van der Waals surface area (Å²) in [5.41, 5.74) is 7.10. The van der Waals surface area contributed by atoms with Crippen LogP contribution in [0.2, 0.25) is 0 Å². The Balaban J connectivity index is 1.99. The number of nitrogens with two attached hydrogens (primary N) is 1. The number of anilines is 2. The molecule has 0 bridgehead atoms. The Morgan fingerprint density at radius 1 is 1.19 bits per heavy atom. The fourth-order valence-electron chi connectivity index (χ4n) is 1.82. The van der Waals surface area contributed by atoms with Crippen molar-refractivity contribution in [2.75, 3.05) is 30.5 Å². The van der Waals surface area contributed by atoms with Crippen molar-refractivity contribution in [1.82, 2.24) is 0 Å². The second-order valence-electron chi connectivity index (χ2n) is 4.48. The predicted molar refractivity (Wildman–Crippen MR) is 88.0 cm³/mol. The van der Waals surface area contributed by atoms with Crippen LogP contribution in [0.3, 0.4) is 0 Å². The van der Waals surface area contributed by atoms with Crippen LogP contribution in [0.15, 0.2) is 53.4 Å². The number of ether oxygens (including phenoxy) is 1. The van der Waals surface area contributed by atoms with Crippen LogP contribution in [0.25, 0.3) is 0 Å². The van der Waals surface area contributed by atoms with Gasteiger partial charge in [-0.2, -0.15) is 0 Å². The lowest BCUT2D eigenvalue weighted by molar-refractivity contribution is -0.120. The van der Waals surface area contributed by atoms with Crippen LogP contribution in [-0.4, -0.2) is 25.8 Å². The maximum absolute atomic E-state index is 12.2. The fourth-order valence-corrected chi connectivity index (χ4v) is 2.36. The SMILES string of the molecule is CSc1ccccc1OCC(=O)N(C)c1ccc(N)cc1. The first kappa shape index (κ1) is 15.3. The number of hydrogen-bond donors (Lipinski definition) is 1. The highest BCUT2D eigenvalue weighted by Crippen LogP contribution is 2.27. The quantitative estimate of drug-likeness (QED) is 0.681. The van der Waals surface area contributed by atoms with E-state index in [1.54, 1.807) is 35.8 Å².